The lowest BCUT2D eigenvalue weighted by Gasteiger charge is -2.30. The molecule has 4 amide bonds. The first kappa shape index (κ1) is 25.6. The molecule has 0 saturated carbocycles. The maximum atomic E-state index is 13.1. The van der Waals surface area contributed by atoms with Crippen LogP contribution in [0.3, 0.4) is 0 Å². The highest BCUT2D eigenvalue weighted by Crippen LogP contribution is 2.20. The van der Waals surface area contributed by atoms with E-state index in [1.165, 1.54) is 4.90 Å². The SMILES string of the molecule is CCC(C)C(NC(=O)C1CCCN1)C(=O)NC(CCC(N)=O)C(=O)N1CCCC1C(=O)O. The Hall–Kier alpha value is -2.69. The number of carbonyl (C=O) groups is 5. The van der Waals surface area contributed by atoms with Crippen molar-refractivity contribution < 1.29 is 29.1 Å². The van der Waals surface area contributed by atoms with Gasteiger partial charge in [0.15, 0.2) is 0 Å². The lowest BCUT2D eigenvalue weighted by molar-refractivity contribution is -0.149. The highest BCUT2D eigenvalue weighted by atomic mass is 16.4. The molecule has 5 unspecified atom stereocenters. The molecular weight excluding hydrogens is 418 g/mol. The van der Waals surface area contributed by atoms with Gasteiger partial charge in [0.05, 0.1) is 6.04 Å². The molecule has 0 radical (unpaired) electrons. The molecule has 2 rings (SSSR count). The van der Waals surface area contributed by atoms with Gasteiger partial charge in [0, 0.05) is 13.0 Å². The normalized spacial score (nSPS) is 23.2. The van der Waals surface area contributed by atoms with Crippen LogP contribution in [-0.4, -0.2) is 76.9 Å². The van der Waals surface area contributed by atoms with E-state index >= 15 is 0 Å². The Labute approximate surface area is 187 Å². The van der Waals surface area contributed by atoms with Crippen molar-refractivity contribution in [3.05, 3.63) is 0 Å². The number of nitrogens with zero attached hydrogens (tertiary/aromatic N) is 1. The van der Waals surface area contributed by atoms with Gasteiger partial charge in [0.1, 0.15) is 18.1 Å². The molecule has 0 spiro atoms. The van der Waals surface area contributed by atoms with E-state index in [0.717, 1.165) is 13.0 Å². The van der Waals surface area contributed by atoms with Crippen molar-refractivity contribution in [1.29, 1.82) is 0 Å². The van der Waals surface area contributed by atoms with Gasteiger partial charge in [-0.2, -0.15) is 0 Å². The van der Waals surface area contributed by atoms with Crippen LogP contribution in [-0.2, 0) is 24.0 Å². The number of amides is 4. The van der Waals surface area contributed by atoms with Crippen molar-refractivity contribution in [3.8, 4) is 0 Å². The molecule has 0 bridgehead atoms. The number of aliphatic carboxylic acids is 1. The summed E-state index contributed by atoms with van der Waals surface area (Å²) in [6.45, 7) is 4.72. The predicted molar refractivity (Wildman–Crippen MR) is 115 cm³/mol. The third-order valence-corrected chi connectivity index (χ3v) is 6.28. The van der Waals surface area contributed by atoms with Crippen molar-refractivity contribution in [1.82, 2.24) is 20.9 Å². The first-order chi connectivity index (χ1) is 15.1. The third-order valence-electron chi connectivity index (χ3n) is 6.28. The number of carboxylic acid groups (broad SMARTS) is 1. The molecule has 0 aromatic heterocycles. The number of carboxylic acids is 1. The van der Waals surface area contributed by atoms with Gasteiger partial charge < -0.3 is 31.7 Å². The van der Waals surface area contributed by atoms with Gasteiger partial charge in [-0.05, 0) is 44.6 Å². The lowest BCUT2D eigenvalue weighted by atomic mass is 9.97. The van der Waals surface area contributed by atoms with Gasteiger partial charge in [-0.15, -0.1) is 0 Å². The topological polar surface area (TPSA) is 171 Å². The Morgan fingerprint density at radius 2 is 1.88 bits per heavy atom. The zero-order valence-electron chi connectivity index (χ0n) is 18.8. The Kier molecular flexibility index (Phi) is 9.42. The van der Waals surface area contributed by atoms with Gasteiger partial charge in [0.2, 0.25) is 23.6 Å². The number of nitrogens with two attached hydrogens (primary N) is 1. The Morgan fingerprint density at radius 3 is 2.44 bits per heavy atom. The van der Waals surface area contributed by atoms with Crippen molar-refractivity contribution in [2.24, 2.45) is 11.7 Å². The minimum Gasteiger partial charge on any atom is -0.480 e. The first-order valence-corrected chi connectivity index (χ1v) is 11.3. The van der Waals surface area contributed by atoms with Gasteiger partial charge in [-0.25, -0.2) is 4.79 Å². The Bertz CT molecular complexity index is 723. The van der Waals surface area contributed by atoms with Crippen LogP contribution in [0.15, 0.2) is 0 Å². The number of rotatable bonds is 11. The molecule has 6 N–H and O–H groups in total. The summed E-state index contributed by atoms with van der Waals surface area (Å²) in [5.41, 5.74) is 5.23. The molecule has 11 nitrogen and oxygen atoms in total. The fourth-order valence-electron chi connectivity index (χ4n) is 4.16. The molecule has 2 heterocycles. The van der Waals surface area contributed by atoms with E-state index in [4.69, 9.17) is 5.73 Å². The van der Waals surface area contributed by atoms with E-state index in [0.29, 0.717) is 25.7 Å². The summed E-state index contributed by atoms with van der Waals surface area (Å²) < 4.78 is 0. The van der Waals surface area contributed by atoms with Crippen LogP contribution in [0.5, 0.6) is 0 Å². The zero-order chi connectivity index (χ0) is 23.8. The summed E-state index contributed by atoms with van der Waals surface area (Å²) in [4.78, 5) is 62.9. The summed E-state index contributed by atoms with van der Waals surface area (Å²) in [7, 11) is 0. The summed E-state index contributed by atoms with van der Waals surface area (Å²) in [5, 5.41) is 17.9. The molecule has 11 heteroatoms. The second-order valence-electron chi connectivity index (χ2n) is 8.61. The third kappa shape index (κ3) is 6.65. The predicted octanol–water partition coefficient (Wildman–Crippen LogP) is -0.905. The summed E-state index contributed by atoms with van der Waals surface area (Å²) in [5.74, 6) is -3.31. The molecule has 0 aromatic rings. The fraction of sp³-hybridized carbons (Fsp3) is 0.762. The van der Waals surface area contributed by atoms with Crippen LogP contribution >= 0.6 is 0 Å². The van der Waals surface area contributed by atoms with Crippen molar-refractivity contribution in [3.63, 3.8) is 0 Å². The lowest BCUT2D eigenvalue weighted by Crippen LogP contribution is -2.58. The number of hydrogen-bond donors (Lipinski definition) is 5. The van der Waals surface area contributed by atoms with Crippen LogP contribution in [0.25, 0.3) is 0 Å². The van der Waals surface area contributed by atoms with E-state index in [1.807, 2.05) is 13.8 Å². The maximum Gasteiger partial charge on any atom is 0.326 e. The van der Waals surface area contributed by atoms with Gasteiger partial charge in [-0.1, -0.05) is 20.3 Å². The smallest absolute Gasteiger partial charge is 0.326 e. The van der Waals surface area contributed by atoms with E-state index < -0.39 is 41.8 Å². The van der Waals surface area contributed by atoms with E-state index in [9.17, 15) is 29.1 Å². The van der Waals surface area contributed by atoms with Crippen molar-refractivity contribution in [2.75, 3.05) is 13.1 Å². The van der Waals surface area contributed by atoms with E-state index in [-0.39, 0.29) is 37.3 Å². The standard InChI is InChI=1S/C21H35N5O6/c1-3-12(2)17(25-18(28)13-6-4-10-23-13)19(29)24-14(8-9-16(22)27)20(30)26-11-5-7-15(26)21(31)32/h12-15,17,23H,3-11H2,1-2H3,(H2,22,27)(H,24,29)(H,25,28)(H,31,32). The molecule has 180 valence electrons. The number of hydrogen-bond acceptors (Lipinski definition) is 6. The second kappa shape index (κ2) is 11.8. The number of nitrogens with one attached hydrogen (secondary N) is 3. The summed E-state index contributed by atoms with van der Waals surface area (Å²) in [6, 6.07) is -3.30. The van der Waals surface area contributed by atoms with Gasteiger partial charge in [-0.3, -0.25) is 19.2 Å². The molecule has 0 aromatic carbocycles. The molecule has 2 aliphatic heterocycles. The average Bonchev–Trinajstić information content (AvgIpc) is 3.45. The van der Waals surface area contributed by atoms with Gasteiger partial charge in [0.25, 0.3) is 0 Å². The average molecular weight is 454 g/mol. The number of carbonyl (C=O) groups excluding carboxylic acids is 4. The molecule has 2 fully saturated rings. The fourth-order valence-corrected chi connectivity index (χ4v) is 4.16. The summed E-state index contributed by atoms with van der Waals surface area (Å²) >= 11 is 0. The maximum absolute atomic E-state index is 13.1. The van der Waals surface area contributed by atoms with Crippen LogP contribution in [0, 0.1) is 5.92 Å². The van der Waals surface area contributed by atoms with E-state index in [1.54, 1.807) is 0 Å². The van der Waals surface area contributed by atoms with E-state index in [2.05, 4.69) is 16.0 Å². The van der Waals surface area contributed by atoms with Crippen LogP contribution in [0.1, 0.15) is 58.8 Å². The number of likely N-dealkylation sites (tertiary alicyclic amines) is 1. The quantitative estimate of drug-likeness (QED) is 0.270. The molecule has 32 heavy (non-hydrogen) atoms. The Morgan fingerprint density at radius 1 is 1.16 bits per heavy atom. The summed E-state index contributed by atoms with van der Waals surface area (Å²) in [6.07, 6.45) is 2.86. The molecule has 0 aliphatic carbocycles. The highest BCUT2D eigenvalue weighted by Gasteiger charge is 2.39. The molecule has 2 saturated heterocycles. The van der Waals surface area contributed by atoms with Crippen molar-refractivity contribution in [2.45, 2.75) is 83.0 Å². The highest BCUT2D eigenvalue weighted by molar-refractivity contribution is 5.94. The van der Waals surface area contributed by atoms with Crippen LogP contribution < -0.4 is 21.7 Å². The van der Waals surface area contributed by atoms with Gasteiger partial charge >= 0.3 is 5.97 Å². The largest absolute Gasteiger partial charge is 0.480 e. The first-order valence-electron chi connectivity index (χ1n) is 11.3. The Balaban J connectivity index is 2.15. The second-order valence-corrected chi connectivity index (χ2v) is 8.61. The minimum atomic E-state index is -1.11. The molecule has 2 aliphatic rings. The van der Waals surface area contributed by atoms with Crippen LogP contribution in [0.4, 0.5) is 0 Å². The molecular formula is C21H35N5O6. The number of primary amides is 1. The molecule has 5 atom stereocenters. The minimum absolute atomic E-state index is 0.0475. The van der Waals surface area contributed by atoms with Crippen molar-refractivity contribution >= 4 is 29.6 Å². The zero-order valence-corrected chi connectivity index (χ0v) is 18.8. The van der Waals surface area contributed by atoms with Crippen LogP contribution in [0.2, 0.25) is 0 Å². The monoisotopic (exact) mass is 453 g/mol.